The molecule has 2 aliphatic rings. The van der Waals surface area contributed by atoms with Crippen molar-refractivity contribution in [1.29, 1.82) is 0 Å². The molecule has 1 unspecified atom stereocenters. The quantitative estimate of drug-likeness (QED) is 0.873. The van der Waals surface area contributed by atoms with Crippen molar-refractivity contribution in [1.82, 2.24) is 10.2 Å². The summed E-state index contributed by atoms with van der Waals surface area (Å²) < 4.78 is 5.78. The largest absolute Gasteiger partial charge is 0.370 e. The zero-order valence-electron chi connectivity index (χ0n) is 14.4. The standard InChI is InChI=1S/C19H25ClN2O3/c20-15-7-5-14(6-8-15)17-13-22(11-12-25-17)19(24)10-9-18(23)21-16-3-1-2-4-16/h5-8,16-17H,1-4,9-13H2,(H,21,23). The van der Waals surface area contributed by atoms with Gasteiger partial charge in [-0.2, -0.15) is 0 Å². The van der Waals surface area contributed by atoms with Gasteiger partial charge in [-0.15, -0.1) is 0 Å². The molecule has 1 aromatic rings. The van der Waals surface area contributed by atoms with Gasteiger partial charge in [-0.05, 0) is 30.5 Å². The van der Waals surface area contributed by atoms with Crippen LogP contribution in [-0.2, 0) is 14.3 Å². The molecule has 3 rings (SSSR count). The van der Waals surface area contributed by atoms with Crippen LogP contribution in [0.3, 0.4) is 0 Å². The summed E-state index contributed by atoms with van der Waals surface area (Å²) in [7, 11) is 0. The Kier molecular flexibility index (Phi) is 6.32. The topological polar surface area (TPSA) is 58.6 Å². The third kappa shape index (κ3) is 5.19. The SMILES string of the molecule is O=C(CCC(=O)N1CCOC(c2ccc(Cl)cc2)C1)NC1CCCC1. The Labute approximate surface area is 153 Å². The highest BCUT2D eigenvalue weighted by Gasteiger charge is 2.26. The van der Waals surface area contributed by atoms with Gasteiger partial charge in [-0.25, -0.2) is 0 Å². The van der Waals surface area contributed by atoms with Gasteiger partial charge in [0, 0.05) is 30.5 Å². The van der Waals surface area contributed by atoms with Crippen LogP contribution >= 0.6 is 11.6 Å². The van der Waals surface area contributed by atoms with E-state index in [1.54, 1.807) is 4.90 Å². The lowest BCUT2D eigenvalue weighted by atomic mass is 10.1. The molecule has 5 nitrogen and oxygen atoms in total. The van der Waals surface area contributed by atoms with Crippen LogP contribution in [0.5, 0.6) is 0 Å². The van der Waals surface area contributed by atoms with Gasteiger partial charge in [-0.3, -0.25) is 9.59 Å². The molecule has 0 bridgehead atoms. The Morgan fingerprint density at radius 2 is 1.88 bits per heavy atom. The zero-order valence-corrected chi connectivity index (χ0v) is 15.1. The molecule has 1 atom stereocenters. The number of hydrogen-bond donors (Lipinski definition) is 1. The number of amides is 2. The molecule has 6 heteroatoms. The van der Waals surface area contributed by atoms with Crippen molar-refractivity contribution in [2.45, 2.75) is 50.7 Å². The average Bonchev–Trinajstić information content (AvgIpc) is 3.13. The Balaban J connectivity index is 1.46. The molecule has 1 saturated heterocycles. The van der Waals surface area contributed by atoms with E-state index in [4.69, 9.17) is 16.3 Å². The van der Waals surface area contributed by atoms with Gasteiger partial charge in [0.05, 0.1) is 13.2 Å². The van der Waals surface area contributed by atoms with Crippen molar-refractivity contribution < 1.29 is 14.3 Å². The normalized spacial score (nSPS) is 21.3. The summed E-state index contributed by atoms with van der Waals surface area (Å²) in [6, 6.07) is 7.81. The van der Waals surface area contributed by atoms with Crippen molar-refractivity contribution in [3.8, 4) is 0 Å². The third-order valence-corrected chi connectivity index (χ3v) is 5.20. The number of rotatable bonds is 5. The zero-order chi connectivity index (χ0) is 17.6. The lowest BCUT2D eigenvalue weighted by Gasteiger charge is -2.33. The van der Waals surface area contributed by atoms with Gasteiger partial charge >= 0.3 is 0 Å². The molecule has 2 amide bonds. The van der Waals surface area contributed by atoms with Crippen molar-refractivity contribution in [3.63, 3.8) is 0 Å². The van der Waals surface area contributed by atoms with Gasteiger partial charge < -0.3 is 15.0 Å². The van der Waals surface area contributed by atoms with E-state index in [1.165, 1.54) is 12.8 Å². The summed E-state index contributed by atoms with van der Waals surface area (Å²) in [5.41, 5.74) is 1.01. The number of carbonyl (C=O) groups excluding carboxylic acids is 2. The Hall–Kier alpha value is -1.59. The molecule has 25 heavy (non-hydrogen) atoms. The first-order valence-electron chi connectivity index (χ1n) is 9.06. The number of hydrogen-bond acceptors (Lipinski definition) is 3. The number of benzene rings is 1. The van der Waals surface area contributed by atoms with E-state index >= 15 is 0 Å². The first-order valence-corrected chi connectivity index (χ1v) is 9.44. The molecule has 1 saturated carbocycles. The van der Waals surface area contributed by atoms with Gasteiger partial charge in [0.15, 0.2) is 0 Å². The second-order valence-corrected chi connectivity index (χ2v) is 7.24. The molecule has 1 aliphatic carbocycles. The predicted molar refractivity (Wildman–Crippen MR) is 96.4 cm³/mol. The van der Waals surface area contributed by atoms with Crippen LogP contribution in [0.15, 0.2) is 24.3 Å². The molecule has 1 heterocycles. The maximum absolute atomic E-state index is 12.4. The molecular weight excluding hydrogens is 340 g/mol. The van der Waals surface area contributed by atoms with Crippen LogP contribution in [0.25, 0.3) is 0 Å². The Morgan fingerprint density at radius 3 is 2.60 bits per heavy atom. The van der Waals surface area contributed by atoms with Crippen LogP contribution in [0.4, 0.5) is 0 Å². The van der Waals surface area contributed by atoms with E-state index in [1.807, 2.05) is 24.3 Å². The number of morpholine rings is 1. The summed E-state index contributed by atoms with van der Waals surface area (Å²) >= 11 is 5.92. The van der Waals surface area contributed by atoms with Gasteiger partial charge in [-0.1, -0.05) is 36.6 Å². The van der Waals surface area contributed by atoms with E-state index in [-0.39, 0.29) is 30.8 Å². The predicted octanol–water partition coefficient (Wildman–Crippen LogP) is 3.08. The molecule has 1 aromatic carbocycles. The second kappa shape index (κ2) is 8.68. The first kappa shape index (κ1) is 18.2. The lowest BCUT2D eigenvalue weighted by Crippen LogP contribution is -2.42. The van der Waals surface area contributed by atoms with Gasteiger partial charge in [0.1, 0.15) is 6.10 Å². The lowest BCUT2D eigenvalue weighted by molar-refractivity contribution is -0.140. The van der Waals surface area contributed by atoms with E-state index < -0.39 is 0 Å². The number of nitrogens with one attached hydrogen (secondary N) is 1. The minimum atomic E-state index is -0.137. The first-order chi connectivity index (χ1) is 12.1. The summed E-state index contributed by atoms with van der Waals surface area (Å²) in [5, 5.41) is 3.71. The highest BCUT2D eigenvalue weighted by Crippen LogP contribution is 2.24. The minimum absolute atomic E-state index is 0.0113. The summed E-state index contributed by atoms with van der Waals surface area (Å²) in [5.74, 6) is 0.00611. The maximum atomic E-state index is 12.4. The number of halogens is 1. The average molecular weight is 365 g/mol. The van der Waals surface area contributed by atoms with Gasteiger partial charge in [0.2, 0.25) is 11.8 Å². The van der Waals surface area contributed by atoms with Crippen molar-refractivity contribution in [2.24, 2.45) is 0 Å². The fraction of sp³-hybridized carbons (Fsp3) is 0.579. The van der Waals surface area contributed by atoms with Crippen LogP contribution in [0.1, 0.15) is 50.2 Å². The second-order valence-electron chi connectivity index (χ2n) is 6.80. The number of nitrogens with zero attached hydrogens (tertiary/aromatic N) is 1. The van der Waals surface area contributed by atoms with Gasteiger partial charge in [0.25, 0.3) is 0 Å². The number of carbonyl (C=O) groups is 2. The fourth-order valence-electron chi connectivity index (χ4n) is 3.50. The molecule has 2 fully saturated rings. The van der Waals surface area contributed by atoms with Crippen LogP contribution in [-0.4, -0.2) is 42.5 Å². The molecular formula is C19H25ClN2O3. The third-order valence-electron chi connectivity index (χ3n) is 4.95. The monoisotopic (exact) mass is 364 g/mol. The van der Waals surface area contributed by atoms with Crippen LogP contribution in [0, 0.1) is 0 Å². The maximum Gasteiger partial charge on any atom is 0.223 e. The molecule has 1 N–H and O–H groups in total. The number of ether oxygens (including phenoxy) is 1. The van der Waals surface area contributed by atoms with Crippen molar-refractivity contribution in [3.05, 3.63) is 34.9 Å². The molecule has 0 aromatic heterocycles. The summed E-state index contributed by atoms with van der Waals surface area (Å²) in [6.07, 6.45) is 4.87. The van der Waals surface area contributed by atoms with E-state index in [0.29, 0.717) is 30.8 Å². The van der Waals surface area contributed by atoms with Crippen molar-refractivity contribution >= 4 is 23.4 Å². The fourth-order valence-corrected chi connectivity index (χ4v) is 3.63. The summed E-state index contributed by atoms with van der Waals surface area (Å²) in [4.78, 5) is 26.2. The van der Waals surface area contributed by atoms with E-state index in [2.05, 4.69) is 5.32 Å². The van der Waals surface area contributed by atoms with E-state index in [9.17, 15) is 9.59 Å². The Morgan fingerprint density at radius 1 is 1.16 bits per heavy atom. The van der Waals surface area contributed by atoms with Crippen molar-refractivity contribution in [2.75, 3.05) is 19.7 Å². The van der Waals surface area contributed by atoms with Crippen LogP contribution in [0.2, 0.25) is 5.02 Å². The van der Waals surface area contributed by atoms with Crippen LogP contribution < -0.4 is 5.32 Å². The molecule has 136 valence electrons. The molecule has 0 spiro atoms. The molecule has 0 radical (unpaired) electrons. The smallest absolute Gasteiger partial charge is 0.223 e. The molecule has 1 aliphatic heterocycles. The highest BCUT2D eigenvalue weighted by molar-refractivity contribution is 6.30. The minimum Gasteiger partial charge on any atom is -0.370 e. The highest BCUT2D eigenvalue weighted by atomic mass is 35.5. The summed E-state index contributed by atoms with van der Waals surface area (Å²) in [6.45, 7) is 1.60. The van der Waals surface area contributed by atoms with E-state index in [0.717, 1.165) is 18.4 Å². The Bertz CT molecular complexity index is 599.